The molecule has 0 aliphatic heterocycles. The Balaban J connectivity index is 3.37. The Kier molecular flexibility index (Phi) is 5.74. The molecule has 0 aliphatic carbocycles. The number of nitriles is 1. The molecule has 1 heterocycles. The fourth-order valence-electron chi connectivity index (χ4n) is 2.06. The van der Waals surface area contributed by atoms with E-state index in [2.05, 4.69) is 29.4 Å². The number of aromatic nitrogens is 2. The van der Waals surface area contributed by atoms with Gasteiger partial charge < -0.3 is 4.90 Å². The summed E-state index contributed by atoms with van der Waals surface area (Å²) in [5.74, 6) is 0.622. The lowest BCUT2D eigenvalue weighted by atomic mass is 10.0. The number of hydrogen-bond acceptors (Lipinski definition) is 4. The zero-order valence-corrected chi connectivity index (χ0v) is 11.7. The van der Waals surface area contributed by atoms with Crippen LogP contribution in [0.25, 0.3) is 0 Å². The third kappa shape index (κ3) is 3.19. The van der Waals surface area contributed by atoms with E-state index in [1.165, 1.54) is 0 Å². The average molecular weight is 256 g/mol. The average Bonchev–Trinajstić information content (AvgIpc) is 2.45. The molecule has 100 valence electrons. The predicted octanol–water partition coefficient (Wildman–Crippen LogP) is 2.65. The number of nitrogens with zero attached hydrogens (tertiary/aromatic N) is 4. The highest BCUT2D eigenvalue weighted by Gasteiger charge is 2.17. The van der Waals surface area contributed by atoms with Gasteiger partial charge in [0.1, 0.15) is 11.6 Å². The van der Waals surface area contributed by atoms with Crippen LogP contribution in [-0.4, -0.2) is 23.3 Å². The zero-order valence-electron chi connectivity index (χ0n) is 11.7. The van der Waals surface area contributed by atoms with Gasteiger partial charge in [0.05, 0.1) is 5.69 Å². The van der Waals surface area contributed by atoms with Crippen molar-refractivity contribution in [3.05, 3.63) is 42.1 Å². The number of rotatable bonds is 7. The van der Waals surface area contributed by atoms with Crippen LogP contribution >= 0.6 is 0 Å². The van der Waals surface area contributed by atoms with E-state index in [4.69, 9.17) is 0 Å². The Labute approximate surface area is 115 Å². The van der Waals surface area contributed by atoms with Gasteiger partial charge in [-0.3, -0.25) is 0 Å². The lowest BCUT2D eigenvalue weighted by Gasteiger charge is -2.22. The zero-order chi connectivity index (χ0) is 14.3. The first-order valence-corrected chi connectivity index (χ1v) is 6.48. The van der Waals surface area contributed by atoms with Gasteiger partial charge in [-0.1, -0.05) is 26.0 Å². The molecule has 1 aromatic heterocycles. The lowest BCUT2D eigenvalue weighted by Crippen LogP contribution is -2.26. The van der Waals surface area contributed by atoms with Crippen molar-refractivity contribution in [1.82, 2.24) is 10.2 Å². The monoisotopic (exact) mass is 256 g/mol. The molecule has 4 heteroatoms. The van der Waals surface area contributed by atoms with Gasteiger partial charge in [-0.25, -0.2) is 0 Å². The molecule has 0 fully saturated rings. The van der Waals surface area contributed by atoms with Crippen molar-refractivity contribution in [2.24, 2.45) is 0 Å². The smallest absolute Gasteiger partial charge is 0.170 e. The van der Waals surface area contributed by atoms with E-state index in [0.29, 0.717) is 24.5 Å². The van der Waals surface area contributed by atoms with Gasteiger partial charge in [0.15, 0.2) is 5.82 Å². The van der Waals surface area contributed by atoms with Crippen molar-refractivity contribution in [1.29, 1.82) is 5.26 Å². The molecule has 0 radical (unpaired) electrons. The fraction of sp³-hybridized carbons (Fsp3) is 0.400. The molecule has 0 bridgehead atoms. The molecular formula is C15H20N4. The molecule has 4 nitrogen and oxygen atoms in total. The number of anilines is 1. The summed E-state index contributed by atoms with van der Waals surface area (Å²) in [4.78, 5) is 1.95. The van der Waals surface area contributed by atoms with Gasteiger partial charge in [-0.15, -0.1) is 18.3 Å². The standard InChI is InChI=1S/C15H20N4/c1-5-9-19(10-6-2)15-13(11-16)12(7-3)14(8-4)17-18-15/h5-6H,1-2,7-10H2,3-4H3. The summed E-state index contributed by atoms with van der Waals surface area (Å²) >= 11 is 0. The van der Waals surface area contributed by atoms with Gasteiger partial charge in [-0.2, -0.15) is 10.4 Å². The SMILES string of the molecule is C=CCN(CC=C)c1nnc(CC)c(CC)c1C#N. The maximum atomic E-state index is 9.44. The normalized spacial score (nSPS) is 9.74. The van der Waals surface area contributed by atoms with Crippen LogP contribution in [0.1, 0.15) is 30.7 Å². The van der Waals surface area contributed by atoms with E-state index in [-0.39, 0.29) is 0 Å². The van der Waals surface area contributed by atoms with Crippen LogP contribution in [0, 0.1) is 11.3 Å². The van der Waals surface area contributed by atoms with E-state index >= 15 is 0 Å². The minimum atomic E-state index is 0.615. The first-order chi connectivity index (χ1) is 9.23. The van der Waals surface area contributed by atoms with Gasteiger partial charge in [0.2, 0.25) is 0 Å². The molecule has 19 heavy (non-hydrogen) atoms. The maximum Gasteiger partial charge on any atom is 0.170 e. The van der Waals surface area contributed by atoms with E-state index in [0.717, 1.165) is 24.1 Å². The second-order valence-electron chi connectivity index (χ2n) is 4.13. The largest absolute Gasteiger partial charge is 0.347 e. The molecule has 0 spiro atoms. The lowest BCUT2D eigenvalue weighted by molar-refractivity contribution is 0.827. The van der Waals surface area contributed by atoms with E-state index in [9.17, 15) is 5.26 Å². The van der Waals surface area contributed by atoms with E-state index < -0.39 is 0 Å². The summed E-state index contributed by atoms with van der Waals surface area (Å²) in [5, 5.41) is 17.9. The molecule has 0 amide bonds. The molecule has 0 atom stereocenters. The summed E-state index contributed by atoms with van der Waals surface area (Å²) in [7, 11) is 0. The van der Waals surface area contributed by atoms with E-state index in [1.54, 1.807) is 12.2 Å². The molecule has 0 aromatic carbocycles. The number of aryl methyl sites for hydroxylation is 1. The van der Waals surface area contributed by atoms with E-state index in [1.807, 2.05) is 18.7 Å². The van der Waals surface area contributed by atoms with Crippen LogP contribution in [0.3, 0.4) is 0 Å². The van der Waals surface area contributed by atoms with Crippen LogP contribution in [0.2, 0.25) is 0 Å². The summed E-state index contributed by atoms with van der Waals surface area (Å²) in [6.45, 7) is 12.8. The van der Waals surface area contributed by atoms with Crippen molar-refractivity contribution in [3.8, 4) is 6.07 Å². The molecule has 0 saturated heterocycles. The Hall–Kier alpha value is -2.15. The number of hydrogen-bond donors (Lipinski definition) is 0. The second kappa shape index (κ2) is 7.32. The summed E-state index contributed by atoms with van der Waals surface area (Å²) < 4.78 is 0. The van der Waals surface area contributed by atoms with Crippen LogP contribution in [0.5, 0.6) is 0 Å². The summed E-state index contributed by atoms with van der Waals surface area (Å²) in [6, 6.07) is 2.27. The Morgan fingerprint density at radius 2 is 1.79 bits per heavy atom. The summed E-state index contributed by atoms with van der Waals surface area (Å²) in [5.41, 5.74) is 2.52. The Bertz CT molecular complexity index is 490. The Morgan fingerprint density at radius 3 is 2.21 bits per heavy atom. The molecule has 0 unspecified atom stereocenters. The Morgan fingerprint density at radius 1 is 1.16 bits per heavy atom. The topological polar surface area (TPSA) is 52.8 Å². The molecule has 1 rings (SSSR count). The van der Waals surface area contributed by atoms with Gasteiger partial charge >= 0.3 is 0 Å². The van der Waals surface area contributed by atoms with Crippen LogP contribution in [0.4, 0.5) is 5.82 Å². The highest BCUT2D eigenvalue weighted by atomic mass is 15.3. The van der Waals surface area contributed by atoms with Crippen molar-refractivity contribution >= 4 is 5.82 Å². The second-order valence-corrected chi connectivity index (χ2v) is 4.13. The molecule has 0 saturated carbocycles. The minimum Gasteiger partial charge on any atom is -0.347 e. The highest BCUT2D eigenvalue weighted by Crippen LogP contribution is 2.23. The van der Waals surface area contributed by atoms with Crippen molar-refractivity contribution < 1.29 is 0 Å². The minimum absolute atomic E-state index is 0.615. The van der Waals surface area contributed by atoms with Gasteiger partial charge in [-0.05, 0) is 18.4 Å². The third-order valence-electron chi connectivity index (χ3n) is 2.94. The molecule has 0 aliphatic rings. The molecular weight excluding hydrogens is 236 g/mol. The third-order valence-corrected chi connectivity index (χ3v) is 2.94. The van der Waals surface area contributed by atoms with Crippen molar-refractivity contribution in [2.75, 3.05) is 18.0 Å². The fourth-order valence-corrected chi connectivity index (χ4v) is 2.06. The van der Waals surface area contributed by atoms with Gasteiger partial charge in [0, 0.05) is 13.1 Å². The molecule has 1 aromatic rings. The van der Waals surface area contributed by atoms with Crippen LogP contribution < -0.4 is 4.90 Å². The molecule has 0 N–H and O–H groups in total. The predicted molar refractivity (Wildman–Crippen MR) is 78.1 cm³/mol. The van der Waals surface area contributed by atoms with Crippen molar-refractivity contribution in [2.45, 2.75) is 26.7 Å². The van der Waals surface area contributed by atoms with Gasteiger partial charge in [0.25, 0.3) is 0 Å². The van der Waals surface area contributed by atoms with Crippen LogP contribution in [-0.2, 0) is 12.8 Å². The first kappa shape index (κ1) is 14.9. The maximum absolute atomic E-state index is 9.44. The first-order valence-electron chi connectivity index (χ1n) is 6.48. The van der Waals surface area contributed by atoms with Crippen molar-refractivity contribution in [3.63, 3.8) is 0 Å². The summed E-state index contributed by atoms with van der Waals surface area (Å²) in [6.07, 6.45) is 5.13. The quantitative estimate of drug-likeness (QED) is 0.704. The highest BCUT2D eigenvalue weighted by molar-refractivity contribution is 5.58. The van der Waals surface area contributed by atoms with Crippen LogP contribution in [0.15, 0.2) is 25.3 Å².